The average molecular weight is 299 g/mol. The Morgan fingerprint density at radius 1 is 1.25 bits per heavy atom. The minimum atomic E-state index is -0.435. The van der Waals surface area contributed by atoms with Gasteiger partial charge in [-0.1, -0.05) is 6.07 Å². The highest BCUT2D eigenvalue weighted by Crippen LogP contribution is 2.14. The van der Waals surface area contributed by atoms with Gasteiger partial charge < -0.3 is 15.4 Å². The van der Waals surface area contributed by atoms with Crippen LogP contribution in [0.2, 0.25) is 0 Å². The zero-order valence-corrected chi connectivity index (χ0v) is 12.2. The Morgan fingerprint density at radius 3 is 2.45 bits per heavy atom. The van der Waals surface area contributed by atoms with E-state index in [9.17, 15) is 9.59 Å². The van der Waals surface area contributed by atoms with E-state index in [1.807, 2.05) is 0 Å². The first-order valence-electron chi connectivity index (χ1n) is 6.35. The van der Waals surface area contributed by atoms with Crippen LogP contribution < -0.4 is 5.73 Å². The van der Waals surface area contributed by atoms with Gasteiger partial charge in [-0.15, -0.1) is 12.4 Å². The maximum Gasteiger partial charge on any atom is 0.337 e. The van der Waals surface area contributed by atoms with Gasteiger partial charge in [0, 0.05) is 24.7 Å². The van der Waals surface area contributed by atoms with Crippen LogP contribution in [-0.2, 0) is 4.74 Å². The molecule has 0 atom stereocenters. The molecule has 110 valence electrons. The predicted octanol–water partition coefficient (Wildman–Crippen LogP) is 1.46. The number of esters is 1. The van der Waals surface area contributed by atoms with Crippen LogP contribution in [0, 0.1) is 0 Å². The summed E-state index contributed by atoms with van der Waals surface area (Å²) in [6, 6.07) is 6.79. The Hall–Kier alpha value is -1.59. The van der Waals surface area contributed by atoms with Crippen molar-refractivity contribution in [3.05, 3.63) is 35.4 Å². The Bertz CT molecular complexity index is 485. The number of nitrogens with zero attached hydrogens (tertiary/aromatic N) is 1. The normalized spacial score (nSPS) is 15.4. The number of likely N-dealkylation sites (tertiary alicyclic amines) is 1. The van der Waals surface area contributed by atoms with Gasteiger partial charge in [0.05, 0.1) is 12.7 Å². The minimum Gasteiger partial charge on any atom is -0.465 e. The summed E-state index contributed by atoms with van der Waals surface area (Å²) >= 11 is 0. The summed E-state index contributed by atoms with van der Waals surface area (Å²) in [6.07, 6.45) is 1.64. The van der Waals surface area contributed by atoms with Crippen LogP contribution in [0.3, 0.4) is 0 Å². The van der Waals surface area contributed by atoms with Crippen molar-refractivity contribution in [1.29, 1.82) is 0 Å². The van der Waals surface area contributed by atoms with E-state index in [0.717, 1.165) is 12.8 Å². The molecule has 0 spiro atoms. The number of rotatable bonds is 2. The summed E-state index contributed by atoms with van der Waals surface area (Å²) in [5.41, 5.74) is 6.72. The number of carbonyl (C=O) groups is 2. The van der Waals surface area contributed by atoms with E-state index >= 15 is 0 Å². The van der Waals surface area contributed by atoms with Gasteiger partial charge in [0.1, 0.15) is 0 Å². The van der Waals surface area contributed by atoms with Crippen molar-refractivity contribution < 1.29 is 14.3 Å². The summed E-state index contributed by atoms with van der Waals surface area (Å²) in [6.45, 7) is 1.34. The lowest BCUT2D eigenvalue weighted by atomic mass is 10.0. The first-order chi connectivity index (χ1) is 9.11. The third-order valence-electron chi connectivity index (χ3n) is 3.36. The second kappa shape index (κ2) is 7.26. The van der Waals surface area contributed by atoms with Crippen molar-refractivity contribution >= 4 is 24.3 Å². The molecule has 20 heavy (non-hydrogen) atoms. The van der Waals surface area contributed by atoms with Gasteiger partial charge in [-0.25, -0.2) is 4.79 Å². The maximum atomic E-state index is 12.3. The number of hydrogen-bond donors (Lipinski definition) is 1. The molecule has 1 aliphatic heterocycles. The number of amides is 1. The number of benzene rings is 1. The van der Waals surface area contributed by atoms with E-state index in [1.165, 1.54) is 7.11 Å². The van der Waals surface area contributed by atoms with Crippen molar-refractivity contribution in [3.63, 3.8) is 0 Å². The molecule has 1 saturated heterocycles. The lowest BCUT2D eigenvalue weighted by Gasteiger charge is -2.30. The standard InChI is InChI=1S/C14H18N2O3.ClH/c1-19-14(18)11-4-2-3-10(9-11)13(17)16-7-5-12(15)6-8-16;/h2-4,9,12H,5-8,15H2,1H3;1H. The van der Waals surface area contributed by atoms with Gasteiger partial charge in [0.15, 0.2) is 0 Å². The highest BCUT2D eigenvalue weighted by molar-refractivity contribution is 5.97. The van der Waals surface area contributed by atoms with Crippen LogP contribution in [0.5, 0.6) is 0 Å². The molecule has 5 nitrogen and oxygen atoms in total. The lowest BCUT2D eigenvalue weighted by Crippen LogP contribution is -2.42. The number of piperidine rings is 1. The Kier molecular flexibility index (Phi) is 5.98. The van der Waals surface area contributed by atoms with Crippen molar-refractivity contribution in [3.8, 4) is 0 Å². The van der Waals surface area contributed by atoms with Crippen LogP contribution in [0.1, 0.15) is 33.6 Å². The lowest BCUT2D eigenvalue weighted by molar-refractivity contribution is 0.0600. The van der Waals surface area contributed by atoms with E-state index in [1.54, 1.807) is 29.2 Å². The summed E-state index contributed by atoms with van der Waals surface area (Å²) in [5.74, 6) is -0.493. The second-order valence-corrected chi connectivity index (χ2v) is 4.70. The summed E-state index contributed by atoms with van der Waals surface area (Å²) in [4.78, 5) is 25.5. The molecule has 1 aliphatic rings. The van der Waals surface area contributed by atoms with Gasteiger partial charge in [-0.05, 0) is 31.0 Å². The fourth-order valence-electron chi connectivity index (χ4n) is 2.18. The molecule has 1 heterocycles. The molecule has 2 N–H and O–H groups in total. The van der Waals surface area contributed by atoms with E-state index in [4.69, 9.17) is 5.73 Å². The molecule has 1 aromatic carbocycles. The largest absolute Gasteiger partial charge is 0.465 e. The van der Waals surface area contributed by atoms with E-state index in [-0.39, 0.29) is 24.4 Å². The topological polar surface area (TPSA) is 72.6 Å². The Morgan fingerprint density at radius 2 is 1.85 bits per heavy atom. The molecule has 1 fully saturated rings. The van der Waals surface area contributed by atoms with Crippen LogP contribution >= 0.6 is 12.4 Å². The zero-order chi connectivity index (χ0) is 13.8. The number of halogens is 1. The number of ether oxygens (including phenoxy) is 1. The van der Waals surface area contributed by atoms with Crippen LogP contribution in [0.15, 0.2) is 24.3 Å². The molecule has 1 aromatic rings. The SMILES string of the molecule is COC(=O)c1cccc(C(=O)N2CCC(N)CC2)c1.Cl. The van der Waals surface area contributed by atoms with Gasteiger partial charge in [0.25, 0.3) is 5.91 Å². The van der Waals surface area contributed by atoms with Crippen molar-refractivity contribution in [2.45, 2.75) is 18.9 Å². The molecule has 0 unspecified atom stereocenters. The van der Waals surface area contributed by atoms with Crippen molar-refractivity contribution in [1.82, 2.24) is 4.90 Å². The fourth-order valence-corrected chi connectivity index (χ4v) is 2.18. The molecule has 0 bridgehead atoms. The number of carbonyl (C=O) groups excluding carboxylic acids is 2. The smallest absolute Gasteiger partial charge is 0.337 e. The maximum absolute atomic E-state index is 12.3. The second-order valence-electron chi connectivity index (χ2n) is 4.70. The van der Waals surface area contributed by atoms with Gasteiger partial charge in [0.2, 0.25) is 0 Å². The molecule has 0 aromatic heterocycles. The summed E-state index contributed by atoms with van der Waals surface area (Å²) in [5, 5.41) is 0. The third-order valence-corrected chi connectivity index (χ3v) is 3.36. The predicted molar refractivity (Wildman–Crippen MR) is 78.1 cm³/mol. The van der Waals surface area contributed by atoms with Crippen LogP contribution in [0.4, 0.5) is 0 Å². The van der Waals surface area contributed by atoms with Crippen LogP contribution in [0.25, 0.3) is 0 Å². The first-order valence-corrected chi connectivity index (χ1v) is 6.35. The molecule has 0 aliphatic carbocycles. The summed E-state index contributed by atoms with van der Waals surface area (Å²) in [7, 11) is 1.32. The molecular formula is C14H19ClN2O3. The van der Waals surface area contributed by atoms with Crippen molar-refractivity contribution in [2.75, 3.05) is 20.2 Å². The zero-order valence-electron chi connectivity index (χ0n) is 11.4. The van der Waals surface area contributed by atoms with Gasteiger partial charge >= 0.3 is 5.97 Å². The Labute approximate surface area is 124 Å². The third kappa shape index (κ3) is 3.71. The first kappa shape index (κ1) is 16.5. The molecule has 0 radical (unpaired) electrons. The molecule has 2 rings (SSSR count). The van der Waals surface area contributed by atoms with Crippen molar-refractivity contribution in [2.24, 2.45) is 5.73 Å². The van der Waals surface area contributed by atoms with E-state index in [2.05, 4.69) is 4.74 Å². The fraction of sp³-hybridized carbons (Fsp3) is 0.429. The minimum absolute atomic E-state index is 0. The Balaban J connectivity index is 0.00000200. The number of methoxy groups -OCH3 is 1. The number of hydrogen-bond acceptors (Lipinski definition) is 4. The van der Waals surface area contributed by atoms with E-state index < -0.39 is 5.97 Å². The average Bonchev–Trinajstić information content (AvgIpc) is 2.46. The molecule has 6 heteroatoms. The van der Waals surface area contributed by atoms with Gasteiger partial charge in [-0.3, -0.25) is 4.79 Å². The van der Waals surface area contributed by atoms with Gasteiger partial charge in [-0.2, -0.15) is 0 Å². The number of nitrogens with two attached hydrogens (primary N) is 1. The molecule has 0 saturated carbocycles. The molecular weight excluding hydrogens is 280 g/mol. The van der Waals surface area contributed by atoms with E-state index in [0.29, 0.717) is 24.2 Å². The molecule has 1 amide bonds. The monoisotopic (exact) mass is 298 g/mol. The highest BCUT2D eigenvalue weighted by Gasteiger charge is 2.22. The quantitative estimate of drug-likeness (QED) is 0.839. The summed E-state index contributed by atoms with van der Waals surface area (Å²) < 4.78 is 4.65. The highest BCUT2D eigenvalue weighted by atomic mass is 35.5. The van der Waals surface area contributed by atoms with Crippen LogP contribution in [-0.4, -0.2) is 43.0 Å².